The van der Waals surface area contributed by atoms with E-state index in [4.69, 9.17) is 11.6 Å². The average Bonchev–Trinajstić information content (AvgIpc) is 2.70. The summed E-state index contributed by atoms with van der Waals surface area (Å²) < 4.78 is 0. The van der Waals surface area contributed by atoms with Gasteiger partial charge in [-0.2, -0.15) is 0 Å². The Morgan fingerprint density at radius 3 is 2.69 bits per heavy atom. The molecule has 3 rings (SSSR count). The van der Waals surface area contributed by atoms with Crippen molar-refractivity contribution in [3.63, 3.8) is 0 Å². The molecule has 29 heavy (non-hydrogen) atoms. The molecule has 1 saturated heterocycles. The number of hydrogen-bond acceptors (Lipinski definition) is 4. The lowest BCUT2D eigenvalue weighted by Gasteiger charge is -2.43. The number of aliphatic hydroxyl groups excluding tert-OH is 1. The first-order valence-corrected chi connectivity index (χ1v) is 10.4. The number of nitrogens with one attached hydrogen (secondary N) is 1. The molecule has 0 saturated carbocycles. The van der Waals surface area contributed by atoms with Crippen molar-refractivity contribution in [1.29, 1.82) is 0 Å². The van der Waals surface area contributed by atoms with E-state index >= 15 is 0 Å². The van der Waals surface area contributed by atoms with E-state index in [9.17, 15) is 15.0 Å². The van der Waals surface area contributed by atoms with E-state index in [1.165, 1.54) is 11.1 Å². The van der Waals surface area contributed by atoms with Crippen LogP contribution in [0.5, 0.6) is 0 Å². The first-order chi connectivity index (χ1) is 13.9. The molecule has 1 amide bonds. The molecule has 0 aromatic heterocycles. The predicted octanol–water partition coefficient (Wildman–Crippen LogP) is 2.35. The van der Waals surface area contributed by atoms with Gasteiger partial charge in [0.25, 0.3) is 0 Å². The highest BCUT2D eigenvalue weighted by Gasteiger charge is 2.42. The van der Waals surface area contributed by atoms with Crippen LogP contribution in [0.1, 0.15) is 23.1 Å². The van der Waals surface area contributed by atoms with Crippen molar-refractivity contribution in [3.8, 4) is 0 Å². The maximum atomic E-state index is 12.7. The highest BCUT2D eigenvalue weighted by Crippen LogP contribution is 2.22. The number of amides is 1. The molecule has 0 spiro atoms. The van der Waals surface area contributed by atoms with E-state index in [0.717, 1.165) is 12.0 Å². The molecular formula is C23H29ClN2O3. The Hall–Kier alpha value is -1.92. The fourth-order valence-corrected chi connectivity index (χ4v) is 3.88. The molecule has 3 N–H and O–H groups in total. The molecule has 1 aliphatic rings. The Bertz CT molecular complexity index is 827. The molecule has 2 aromatic rings. The van der Waals surface area contributed by atoms with Crippen molar-refractivity contribution in [2.75, 3.05) is 26.2 Å². The highest BCUT2D eigenvalue weighted by molar-refractivity contribution is 6.30. The monoisotopic (exact) mass is 416 g/mol. The fraction of sp³-hybridized carbons (Fsp3) is 0.435. The number of rotatable bonds is 7. The lowest BCUT2D eigenvalue weighted by atomic mass is 9.89. The molecule has 1 heterocycles. The van der Waals surface area contributed by atoms with Gasteiger partial charge in [0, 0.05) is 18.1 Å². The molecule has 1 aliphatic heterocycles. The van der Waals surface area contributed by atoms with Crippen molar-refractivity contribution >= 4 is 17.5 Å². The quantitative estimate of drug-likeness (QED) is 0.606. The van der Waals surface area contributed by atoms with Crippen molar-refractivity contribution in [3.05, 3.63) is 70.2 Å². The Balaban J connectivity index is 1.52. The Kier molecular flexibility index (Phi) is 7.30. The lowest BCUT2D eigenvalue weighted by molar-refractivity contribution is -0.150. The van der Waals surface area contributed by atoms with Gasteiger partial charge < -0.3 is 20.4 Å². The second kappa shape index (κ2) is 9.72. The summed E-state index contributed by atoms with van der Waals surface area (Å²) in [6.07, 6.45) is 0.609. The van der Waals surface area contributed by atoms with Crippen LogP contribution in [0.3, 0.4) is 0 Å². The molecule has 2 atom stereocenters. The second-order valence-electron chi connectivity index (χ2n) is 7.88. The SMILES string of the molecule is Cc1ccccc1CCNC[C@@]1(O)CN(C(=O)Cc2ccc(Cl)cc2)CC[C@@H]1O. The number of likely N-dealkylation sites (tertiary alicyclic amines) is 1. The van der Waals surface area contributed by atoms with Crippen molar-refractivity contribution in [2.45, 2.75) is 37.9 Å². The molecular weight excluding hydrogens is 388 g/mol. The van der Waals surface area contributed by atoms with Crippen LogP contribution in [0.15, 0.2) is 48.5 Å². The number of β-amino-alcohol motifs (C(OH)–C–C–N with tert-alkyl or cyclic N) is 1. The number of nitrogens with zero attached hydrogens (tertiary/aromatic N) is 1. The van der Waals surface area contributed by atoms with Gasteiger partial charge in [-0.1, -0.05) is 48.0 Å². The van der Waals surface area contributed by atoms with Gasteiger partial charge >= 0.3 is 0 Å². The smallest absolute Gasteiger partial charge is 0.227 e. The molecule has 156 valence electrons. The van der Waals surface area contributed by atoms with Crippen LogP contribution in [0.2, 0.25) is 5.02 Å². The van der Waals surface area contributed by atoms with Gasteiger partial charge in [0.15, 0.2) is 0 Å². The van der Waals surface area contributed by atoms with Crippen LogP contribution >= 0.6 is 11.6 Å². The first kappa shape index (κ1) is 21.8. The Morgan fingerprint density at radius 1 is 1.24 bits per heavy atom. The van der Waals surface area contributed by atoms with Gasteiger partial charge in [0.2, 0.25) is 5.91 Å². The second-order valence-corrected chi connectivity index (χ2v) is 8.32. The van der Waals surface area contributed by atoms with Crippen LogP contribution in [0.4, 0.5) is 0 Å². The number of benzene rings is 2. The highest BCUT2D eigenvalue weighted by atomic mass is 35.5. The Morgan fingerprint density at radius 2 is 1.97 bits per heavy atom. The van der Waals surface area contributed by atoms with E-state index in [2.05, 4.69) is 24.4 Å². The van der Waals surface area contributed by atoms with Crippen molar-refractivity contribution < 1.29 is 15.0 Å². The minimum atomic E-state index is -1.35. The van der Waals surface area contributed by atoms with Crippen LogP contribution in [-0.4, -0.2) is 58.9 Å². The molecule has 0 bridgehead atoms. The molecule has 1 fully saturated rings. The van der Waals surface area contributed by atoms with Crippen LogP contribution < -0.4 is 5.32 Å². The van der Waals surface area contributed by atoms with Crippen LogP contribution in [0, 0.1) is 6.92 Å². The minimum Gasteiger partial charge on any atom is -0.390 e. The van der Waals surface area contributed by atoms with E-state index < -0.39 is 11.7 Å². The molecule has 2 aromatic carbocycles. The zero-order chi connectivity index (χ0) is 20.9. The van der Waals surface area contributed by atoms with E-state index in [1.807, 2.05) is 24.3 Å². The third-order valence-electron chi connectivity index (χ3n) is 5.64. The van der Waals surface area contributed by atoms with E-state index in [-0.39, 0.29) is 25.4 Å². The summed E-state index contributed by atoms with van der Waals surface area (Å²) in [5.41, 5.74) is 2.03. The van der Waals surface area contributed by atoms with Gasteiger partial charge in [-0.3, -0.25) is 4.79 Å². The maximum absolute atomic E-state index is 12.7. The van der Waals surface area contributed by atoms with Gasteiger partial charge in [-0.05, 0) is 55.1 Å². The average molecular weight is 417 g/mol. The molecule has 0 radical (unpaired) electrons. The number of aliphatic hydroxyl groups is 2. The predicted molar refractivity (Wildman–Crippen MR) is 115 cm³/mol. The standard InChI is InChI=1S/C23H29ClN2O3/c1-17-4-2-3-5-19(17)10-12-25-15-23(29)16-26(13-11-21(23)27)22(28)14-18-6-8-20(24)9-7-18/h2-9,21,25,27,29H,10-16H2,1H3/t21-,23+/m0/s1. The topological polar surface area (TPSA) is 72.8 Å². The van der Waals surface area contributed by atoms with Gasteiger partial charge in [-0.25, -0.2) is 0 Å². The summed E-state index contributed by atoms with van der Waals surface area (Å²) in [5.74, 6) is -0.0578. The minimum absolute atomic E-state index is 0.0578. The number of piperidine rings is 1. The van der Waals surface area contributed by atoms with Gasteiger partial charge in [0.1, 0.15) is 5.60 Å². The summed E-state index contributed by atoms with van der Waals surface area (Å²) in [7, 11) is 0. The summed E-state index contributed by atoms with van der Waals surface area (Å²) in [6, 6.07) is 15.4. The van der Waals surface area contributed by atoms with Gasteiger partial charge in [0.05, 0.1) is 19.1 Å². The maximum Gasteiger partial charge on any atom is 0.227 e. The molecule has 5 nitrogen and oxygen atoms in total. The van der Waals surface area contributed by atoms with E-state index in [1.54, 1.807) is 17.0 Å². The summed E-state index contributed by atoms with van der Waals surface area (Å²) in [5, 5.41) is 25.2. The largest absolute Gasteiger partial charge is 0.390 e. The molecule has 6 heteroatoms. The lowest BCUT2D eigenvalue weighted by Crippen LogP contribution is -2.62. The van der Waals surface area contributed by atoms with Crippen LogP contribution in [-0.2, 0) is 17.6 Å². The number of hydrogen-bond donors (Lipinski definition) is 3. The normalized spacial score (nSPS) is 21.9. The van der Waals surface area contributed by atoms with Crippen molar-refractivity contribution in [1.82, 2.24) is 10.2 Å². The summed E-state index contributed by atoms with van der Waals surface area (Å²) >= 11 is 5.90. The van der Waals surface area contributed by atoms with Crippen LogP contribution in [0.25, 0.3) is 0 Å². The van der Waals surface area contributed by atoms with Crippen molar-refractivity contribution in [2.24, 2.45) is 0 Å². The zero-order valence-electron chi connectivity index (χ0n) is 16.8. The number of carbonyl (C=O) groups is 1. The fourth-order valence-electron chi connectivity index (χ4n) is 3.76. The number of aryl methyl sites for hydroxylation is 1. The van der Waals surface area contributed by atoms with E-state index in [0.29, 0.717) is 24.5 Å². The molecule has 0 aliphatic carbocycles. The number of halogens is 1. The van der Waals surface area contributed by atoms with Gasteiger partial charge in [-0.15, -0.1) is 0 Å². The first-order valence-electron chi connectivity index (χ1n) is 10.1. The summed E-state index contributed by atoms with van der Waals surface area (Å²) in [6.45, 7) is 3.58. The number of carbonyl (C=O) groups excluding carboxylic acids is 1. The Labute approximate surface area is 177 Å². The third-order valence-corrected chi connectivity index (χ3v) is 5.89. The molecule has 0 unspecified atom stereocenters. The summed E-state index contributed by atoms with van der Waals surface area (Å²) in [4.78, 5) is 14.3. The zero-order valence-corrected chi connectivity index (χ0v) is 17.5. The third kappa shape index (κ3) is 5.80.